The third-order valence-electron chi connectivity index (χ3n) is 12.1. The first-order valence-electron chi connectivity index (χ1n) is 20.2. The molecule has 0 amide bonds. The van der Waals surface area contributed by atoms with E-state index in [1.807, 2.05) is 0 Å². The lowest BCUT2D eigenvalue weighted by molar-refractivity contribution is 0.768. The fourth-order valence-corrected chi connectivity index (χ4v) is 9.52. The molecule has 0 fully saturated rings. The van der Waals surface area contributed by atoms with E-state index in [0.29, 0.717) is 0 Å². The van der Waals surface area contributed by atoms with E-state index >= 15 is 0 Å². The second kappa shape index (κ2) is 14.7. The maximum atomic E-state index is 2.48. The van der Waals surface area contributed by atoms with Gasteiger partial charge in [0, 0.05) is 16.9 Å². The van der Waals surface area contributed by atoms with E-state index in [1.165, 1.54) is 77.5 Å². The Morgan fingerprint density at radius 2 is 1.09 bits per heavy atom. The van der Waals surface area contributed by atoms with E-state index in [0.717, 1.165) is 17.1 Å². The van der Waals surface area contributed by atoms with Gasteiger partial charge in [0.15, 0.2) is 0 Å². The highest BCUT2D eigenvalue weighted by Gasteiger charge is 2.47. The topological polar surface area (TPSA) is 3.24 Å². The number of allylic oxidation sites excluding steroid dienone is 1. The summed E-state index contributed by atoms with van der Waals surface area (Å²) >= 11 is 0. The minimum Gasteiger partial charge on any atom is -0.310 e. The van der Waals surface area contributed by atoms with Crippen molar-refractivity contribution in [2.45, 2.75) is 19.3 Å². The van der Waals surface area contributed by atoms with Crippen LogP contribution in [0.2, 0.25) is 0 Å². The van der Waals surface area contributed by atoms with Gasteiger partial charge in [-0.2, -0.15) is 0 Å². The van der Waals surface area contributed by atoms with E-state index in [1.54, 1.807) is 0 Å². The summed E-state index contributed by atoms with van der Waals surface area (Å²) in [4.78, 5) is 2.48. The smallest absolute Gasteiger partial charge is 0.0714 e. The Labute approximate surface area is 341 Å². The summed E-state index contributed by atoms with van der Waals surface area (Å²) in [6.07, 6.45) is 2.25. The molecule has 1 heteroatoms. The molecule has 0 radical (unpaired) electrons. The number of aryl methyl sites for hydroxylation is 1. The minimum atomic E-state index is -0.501. The molecule has 0 atom stereocenters. The Morgan fingerprint density at radius 1 is 0.483 bits per heavy atom. The molecule has 0 spiro atoms. The molecule has 10 rings (SSSR count). The lowest BCUT2D eigenvalue weighted by atomic mass is 9.68. The number of anilines is 3. The lowest BCUT2D eigenvalue weighted by Gasteiger charge is -2.34. The van der Waals surface area contributed by atoms with Gasteiger partial charge in [-0.1, -0.05) is 194 Å². The molecule has 9 aromatic carbocycles. The Bertz CT molecular complexity index is 2910. The number of rotatable bonds is 8. The van der Waals surface area contributed by atoms with Gasteiger partial charge >= 0.3 is 0 Å². The number of nitrogens with zero attached hydrogens (tertiary/aromatic N) is 1. The van der Waals surface area contributed by atoms with Gasteiger partial charge in [0.25, 0.3) is 0 Å². The molecule has 0 aromatic heterocycles. The van der Waals surface area contributed by atoms with Crippen LogP contribution in [0.5, 0.6) is 0 Å². The van der Waals surface area contributed by atoms with Crippen LogP contribution in [0.15, 0.2) is 224 Å². The first-order chi connectivity index (χ1) is 28.7. The number of fused-ring (bicyclic) bond motifs is 4. The summed E-state index contributed by atoms with van der Waals surface area (Å²) in [7, 11) is 0. The number of hydrogen-bond donors (Lipinski definition) is 0. The predicted octanol–water partition coefficient (Wildman–Crippen LogP) is 15.1. The number of hydrogen-bond acceptors (Lipinski definition) is 1. The van der Waals surface area contributed by atoms with Crippen molar-refractivity contribution in [2.75, 3.05) is 4.90 Å². The first kappa shape index (κ1) is 35.2. The highest BCUT2D eigenvalue weighted by Crippen LogP contribution is 2.59. The van der Waals surface area contributed by atoms with Crippen LogP contribution < -0.4 is 4.90 Å². The van der Waals surface area contributed by atoms with Gasteiger partial charge in [0.1, 0.15) is 0 Å². The Balaban J connectivity index is 1.22. The average Bonchev–Trinajstić information content (AvgIpc) is 3.60. The van der Waals surface area contributed by atoms with Crippen LogP contribution in [0, 0.1) is 6.92 Å². The molecular weight excluding hydrogens is 699 g/mol. The molecule has 1 nitrogen and oxygen atoms in total. The summed E-state index contributed by atoms with van der Waals surface area (Å²) < 4.78 is 0. The average molecular weight is 742 g/mol. The molecule has 0 bridgehead atoms. The standard InChI is InChI=1S/C57H43N/c1-3-48(49-28-12-10-19-40(49)2)43-22-16-27-47(39-43)58(46-37-35-42(36-38-46)51-31-17-21-41-20-11-13-29-50(41)51)55-34-18-33-54-56(55)52-30-14-15-32-53(52)57(54,44-23-6-4-7-24-44)45-25-8-5-9-26-45/h3-39H,1-2H3/b48-3-. The van der Waals surface area contributed by atoms with Crippen LogP contribution in [-0.4, -0.2) is 0 Å². The minimum absolute atomic E-state index is 0.501. The van der Waals surface area contributed by atoms with Gasteiger partial charge in [0.05, 0.1) is 11.1 Å². The van der Waals surface area contributed by atoms with Gasteiger partial charge < -0.3 is 4.90 Å². The zero-order valence-corrected chi connectivity index (χ0v) is 32.8. The Kier molecular flexibility index (Phi) is 8.92. The van der Waals surface area contributed by atoms with Crippen molar-refractivity contribution in [2.24, 2.45) is 0 Å². The molecule has 0 N–H and O–H groups in total. The van der Waals surface area contributed by atoms with Gasteiger partial charge in [-0.05, 0) is 116 Å². The van der Waals surface area contributed by atoms with Gasteiger partial charge in [-0.3, -0.25) is 0 Å². The quantitative estimate of drug-likeness (QED) is 0.150. The van der Waals surface area contributed by atoms with E-state index in [2.05, 4.69) is 243 Å². The second-order valence-corrected chi connectivity index (χ2v) is 15.2. The van der Waals surface area contributed by atoms with Crippen LogP contribution in [0.1, 0.15) is 45.9 Å². The molecule has 1 aliphatic carbocycles. The molecule has 0 heterocycles. The number of benzene rings is 9. The molecule has 58 heavy (non-hydrogen) atoms. The van der Waals surface area contributed by atoms with E-state index in [4.69, 9.17) is 0 Å². The van der Waals surface area contributed by atoms with E-state index < -0.39 is 5.41 Å². The molecule has 0 unspecified atom stereocenters. The van der Waals surface area contributed by atoms with Crippen molar-refractivity contribution >= 4 is 33.4 Å². The zero-order valence-electron chi connectivity index (χ0n) is 32.8. The van der Waals surface area contributed by atoms with Crippen LogP contribution >= 0.6 is 0 Å². The normalized spacial score (nSPS) is 12.9. The summed E-state index contributed by atoms with van der Waals surface area (Å²) in [5.74, 6) is 0. The predicted molar refractivity (Wildman–Crippen MR) is 245 cm³/mol. The van der Waals surface area contributed by atoms with Crippen LogP contribution in [0.4, 0.5) is 17.1 Å². The highest BCUT2D eigenvalue weighted by molar-refractivity contribution is 5.99. The molecule has 0 saturated carbocycles. The van der Waals surface area contributed by atoms with Crippen molar-refractivity contribution < 1.29 is 0 Å². The Hall–Kier alpha value is -7.22. The van der Waals surface area contributed by atoms with E-state index in [9.17, 15) is 0 Å². The van der Waals surface area contributed by atoms with Crippen molar-refractivity contribution in [1.82, 2.24) is 0 Å². The summed E-state index contributed by atoms with van der Waals surface area (Å²) in [5.41, 5.74) is 17.8. The van der Waals surface area contributed by atoms with Gasteiger partial charge in [-0.15, -0.1) is 0 Å². The van der Waals surface area contributed by atoms with Crippen molar-refractivity contribution in [3.8, 4) is 22.3 Å². The largest absolute Gasteiger partial charge is 0.310 e. The molecular formula is C57H43N. The maximum Gasteiger partial charge on any atom is 0.0714 e. The molecule has 0 saturated heterocycles. The first-order valence-corrected chi connectivity index (χ1v) is 20.2. The van der Waals surface area contributed by atoms with Gasteiger partial charge in [0.2, 0.25) is 0 Å². The highest BCUT2D eigenvalue weighted by atomic mass is 15.1. The fourth-order valence-electron chi connectivity index (χ4n) is 9.52. The molecule has 276 valence electrons. The van der Waals surface area contributed by atoms with Crippen molar-refractivity contribution in [1.29, 1.82) is 0 Å². The zero-order chi connectivity index (χ0) is 39.1. The SMILES string of the molecule is C/C=C(/c1cccc(N(c2ccc(-c3cccc4ccccc34)cc2)c2cccc3c2-c2ccccc2C3(c2ccccc2)c2ccccc2)c1)c1ccccc1C. The maximum absolute atomic E-state index is 2.48. The van der Waals surface area contributed by atoms with Crippen LogP contribution in [0.3, 0.4) is 0 Å². The third-order valence-corrected chi connectivity index (χ3v) is 12.1. The lowest BCUT2D eigenvalue weighted by Crippen LogP contribution is -2.28. The van der Waals surface area contributed by atoms with Crippen LogP contribution in [0.25, 0.3) is 38.6 Å². The van der Waals surface area contributed by atoms with Gasteiger partial charge in [-0.25, -0.2) is 0 Å². The fraction of sp³-hybridized carbons (Fsp3) is 0.0526. The third kappa shape index (κ3) is 5.70. The summed E-state index contributed by atoms with van der Waals surface area (Å²) in [5, 5.41) is 2.50. The monoisotopic (exact) mass is 741 g/mol. The molecule has 9 aromatic rings. The van der Waals surface area contributed by atoms with Crippen molar-refractivity contribution in [3.05, 3.63) is 263 Å². The second-order valence-electron chi connectivity index (χ2n) is 15.2. The van der Waals surface area contributed by atoms with Crippen molar-refractivity contribution in [3.63, 3.8) is 0 Å². The molecule has 0 aliphatic heterocycles. The summed E-state index contributed by atoms with van der Waals surface area (Å²) in [6, 6.07) is 80.2. The molecule has 1 aliphatic rings. The van der Waals surface area contributed by atoms with Crippen LogP contribution in [-0.2, 0) is 5.41 Å². The van der Waals surface area contributed by atoms with E-state index in [-0.39, 0.29) is 0 Å². The summed E-state index contributed by atoms with van der Waals surface area (Å²) in [6.45, 7) is 4.34. The Morgan fingerprint density at radius 3 is 1.84 bits per heavy atom.